The Kier molecular flexibility index (Phi) is 3.19. The first-order chi connectivity index (χ1) is 6.70. The van der Waals surface area contributed by atoms with Gasteiger partial charge >= 0.3 is 0 Å². The molecule has 0 radical (unpaired) electrons. The van der Waals surface area contributed by atoms with E-state index in [2.05, 4.69) is 20.8 Å². The van der Waals surface area contributed by atoms with E-state index in [0.717, 1.165) is 29.6 Å². The van der Waals surface area contributed by atoms with Crippen LogP contribution in [-0.4, -0.2) is 0 Å². The highest BCUT2D eigenvalue weighted by Gasteiger charge is 2.40. The van der Waals surface area contributed by atoms with E-state index in [1.54, 1.807) is 12.8 Å². The summed E-state index contributed by atoms with van der Waals surface area (Å²) in [5.41, 5.74) is 0. The summed E-state index contributed by atoms with van der Waals surface area (Å²) in [6, 6.07) is 0. The second-order valence-corrected chi connectivity index (χ2v) is 6.10. The zero-order valence-corrected chi connectivity index (χ0v) is 10.1. The lowest BCUT2D eigenvalue weighted by Crippen LogP contribution is -2.31. The van der Waals surface area contributed by atoms with E-state index in [1.165, 1.54) is 25.7 Å². The molecule has 2 fully saturated rings. The smallest absolute Gasteiger partial charge is 0.0357 e. The lowest BCUT2D eigenvalue weighted by atomic mass is 9.65. The van der Waals surface area contributed by atoms with Gasteiger partial charge in [-0.15, -0.1) is 0 Å². The molecule has 0 spiro atoms. The molecular weight excluding hydrogens is 168 g/mol. The van der Waals surface area contributed by atoms with Crippen molar-refractivity contribution in [1.82, 2.24) is 0 Å². The highest BCUT2D eigenvalue weighted by atomic mass is 14.5. The Morgan fingerprint density at radius 2 is 1.71 bits per heavy atom. The first kappa shape index (κ1) is 10.5. The summed E-state index contributed by atoms with van der Waals surface area (Å²) >= 11 is 0. The molecule has 2 saturated carbocycles. The first-order valence-electron chi connectivity index (χ1n) is 6.70. The maximum absolute atomic E-state index is 2.49. The molecule has 3 atom stereocenters. The maximum Gasteiger partial charge on any atom is -0.0357 e. The minimum absolute atomic E-state index is 1.01. The van der Waals surface area contributed by atoms with Crippen molar-refractivity contribution in [2.75, 3.05) is 0 Å². The van der Waals surface area contributed by atoms with Crippen LogP contribution >= 0.6 is 0 Å². The molecule has 2 aliphatic rings. The van der Waals surface area contributed by atoms with Crippen molar-refractivity contribution in [1.29, 1.82) is 0 Å². The van der Waals surface area contributed by atoms with E-state index in [1.807, 2.05) is 0 Å². The van der Waals surface area contributed by atoms with E-state index < -0.39 is 0 Å². The van der Waals surface area contributed by atoms with Crippen LogP contribution in [0.3, 0.4) is 0 Å². The van der Waals surface area contributed by atoms with E-state index in [4.69, 9.17) is 0 Å². The molecule has 0 heteroatoms. The minimum Gasteiger partial charge on any atom is -0.0654 e. The van der Waals surface area contributed by atoms with Gasteiger partial charge in [0.05, 0.1) is 0 Å². The third-order valence-corrected chi connectivity index (χ3v) is 4.75. The van der Waals surface area contributed by atoms with Crippen LogP contribution in [0, 0.1) is 29.6 Å². The Morgan fingerprint density at radius 1 is 1.00 bits per heavy atom. The molecule has 0 nitrogen and oxygen atoms in total. The second-order valence-electron chi connectivity index (χ2n) is 6.10. The summed E-state index contributed by atoms with van der Waals surface area (Å²) in [7, 11) is 0. The SMILES string of the molecule is CCCC1CC(C2CC(C)CC2C)C1. The van der Waals surface area contributed by atoms with Crippen LogP contribution in [0.5, 0.6) is 0 Å². The normalized spacial score (nSPS) is 47.8. The molecule has 0 N–H and O–H groups in total. The minimum atomic E-state index is 1.01. The maximum atomic E-state index is 2.49. The Bertz CT molecular complexity index is 178. The Hall–Kier alpha value is 0. The zero-order chi connectivity index (χ0) is 10.1. The van der Waals surface area contributed by atoms with Crippen molar-refractivity contribution < 1.29 is 0 Å². The van der Waals surface area contributed by atoms with Crippen molar-refractivity contribution in [2.45, 2.75) is 59.3 Å². The summed E-state index contributed by atoms with van der Waals surface area (Å²) in [6.45, 7) is 7.26. The predicted octanol–water partition coefficient (Wildman–Crippen LogP) is 4.49. The average molecular weight is 194 g/mol. The van der Waals surface area contributed by atoms with Crippen LogP contribution in [-0.2, 0) is 0 Å². The van der Waals surface area contributed by atoms with E-state index >= 15 is 0 Å². The van der Waals surface area contributed by atoms with E-state index in [-0.39, 0.29) is 0 Å². The fraction of sp³-hybridized carbons (Fsp3) is 1.00. The number of hydrogen-bond donors (Lipinski definition) is 0. The van der Waals surface area contributed by atoms with Gasteiger partial charge in [-0.05, 0) is 55.3 Å². The Balaban J connectivity index is 1.76. The Labute approximate surface area is 89.5 Å². The van der Waals surface area contributed by atoms with Crippen LogP contribution in [0.1, 0.15) is 59.3 Å². The summed E-state index contributed by atoms with van der Waals surface area (Å²) in [5, 5.41) is 0. The van der Waals surface area contributed by atoms with Gasteiger partial charge < -0.3 is 0 Å². The van der Waals surface area contributed by atoms with Crippen LogP contribution < -0.4 is 0 Å². The monoisotopic (exact) mass is 194 g/mol. The lowest BCUT2D eigenvalue weighted by Gasteiger charge is -2.41. The van der Waals surface area contributed by atoms with Crippen molar-refractivity contribution in [3.05, 3.63) is 0 Å². The Morgan fingerprint density at radius 3 is 2.21 bits per heavy atom. The van der Waals surface area contributed by atoms with Gasteiger partial charge in [0.25, 0.3) is 0 Å². The fourth-order valence-electron chi connectivity index (χ4n) is 4.04. The van der Waals surface area contributed by atoms with Gasteiger partial charge in [-0.2, -0.15) is 0 Å². The highest BCUT2D eigenvalue weighted by Crippen LogP contribution is 2.50. The molecule has 0 amide bonds. The van der Waals surface area contributed by atoms with Crippen molar-refractivity contribution in [2.24, 2.45) is 29.6 Å². The zero-order valence-electron chi connectivity index (χ0n) is 10.1. The van der Waals surface area contributed by atoms with Gasteiger partial charge in [0.2, 0.25) is 0 Å². The van der Waals surface area contributed by atoms with Gasteiger partial charge in [-0.3, -0.25) is 0 Å². The van der Waals surface area contributed by atoms with Crippen LogP contribution in [0.25, 0.3) is 0 Å². The number of rotatable bonds is 3. The standard InChI is InChI=1S/C14H26/c1-4-5-12-8-13(9-12)14-7-10(2)6-11(14)3/h10-14H,4-9H2,1-3H3. The molecule has 14 heavy (non-hydrogen) atoms. The topological polar surface area (TPSA) is 0 Å². The van der Waals surface area contributed by atoms with Gasteiger partial charge in [0, 0.05) is 0 Å². The summed E-state index contributed by atoms with van der Waals surface area (Å²) in [6.07, 6.45) is 9.05. The summed E-state index contributed by atoms with van der Waals surface area (Å²) in [4.78, 5) is 0. The third-order valence-electron chi connectivity index (χ3n) is 4.75. The molecule has 0 aliphatic heterocycles. The molecule has 0 aromatic carbocycles. The molecule has 0 bridgehead atoms. The van der Waals surface area contributed by atoms with Crippen molar-refractivity contribution >= 4 is 0 Å². The highest BCUT2D eigenvalue weighted by molar-refractivity contribution is 4.90. The fourth-order valence-corrected chi connectivity index (χ4v) is 4.04. The third kappa shape index (κ3) is 1.99. The van der Waals surface area contributed by atoms with Crippen molar-refractivity contribution in [3.63, 3.8) is 0 Å². The molecule has 0 aromatic rings. The molecular formula is C14H26. The average Bonchev–Trinajstić information content (AvgIpc) is 2.37. The first-order valence-corrected chi connectivity index (χ1v) is 6.70. The number of hydrogen-bond acceptors (Lipinski definition) is 0. The molecule has 0 aromatic heterocycles. The molecule has 2 rings (SSSR count). The second kappa shape index (κ2) is 4.24. The molecule has 0 heterocycles. The van der Waals surface area contributed by atoms with Gasteiger partial charge in [-0.1, -0.05) is 33.6 Å². The quantitative estimate of drug-likeness (QED) is 0.621. The predicted molar refractivity (Wildman–Crippen MR) is 62.2 cm³/mol. The summed E-state index contributed by atoms with van der Waals surface area (Å²) < 4.78 is 0. The molecule has 2 aliphatic carbocycles. The van der Waals surface area contributed by atoms with E-state index in [0.29, 0.717) is 0 Å². The summed E-state index contributed by atoms with van der Waals surface area (Å²) in [5.74, 6) is 5.36. The lowest BCUT2D eigenvalue weighted by molar-refractivity contribution is 0.0961. The van der Waals surface area contributed by atoms with Gasteiger partial charge in [0.1, 0.15) is 0 Å². The molecule has 0 saturated heterocycles. The molecule has 82 valence electrons. The van der Waals surface area contributed by atoms with Crippen LogP contribution in [0.2, 0.25) is 0 Å². The van der Waals surface area contributed by atoms with Crippen LogP contribution in [0.15, 0.2) is 0 Å². The largest absolute Gasteiger partial charge is 0.0654 e. The molecule has 3 unspecified atom stereocenters. The van der Waals surface area contributed by atoms with Gasteiger partial charge in [0.15, 0.2) is 0 Å². The van der Waals surface area contributed by atoms with Crippen LogP contribution in [0.4, 0.5) is 0 Å². The van der Waals surface area contributed by atoms with E-state index in [9.17, 15) is 0 Å². The van der Waals surface area contributed by atoms with Gasteiger partial charge in [-0.25, -0.2) is 0 Å². The van der Waals surface area contributed by atoms with Crippen molar-refractivity contribution in [3.8, 4) is 0 Å².